The van der Waals surface area contributed by atoms with Crippen LogP contribution in [0.15, 0.2) is 67.1 Å². The number of aromatic amines is 2. The first-order valence-electron chi connectivity index (χ1n) is 10.1. The Labute approximate surface area is 185 Å². The number of imidazole rings is 1. The molecule has 9 heteroatoms. The largest absolute Gasteiger partial charge is 0.397 e. The molecule has 160 valence electrons. The van der Waals surface area contributed by atoms with E-state index in [9.17, 15) is 8.78 Å². The number of rotatable bonds is 3. The Balaban J connectivity index is 1.53. The summed E-state index contributed by atoms with van der Waals surface area (Å²) in [5.41, 5.74) is 11.1. The maximum absolute atomic E-state index is 14.9. The van der Waals surface area contributed by atoms with Gasteiger partial charge >= 0.3 is 0 Å². The van der Waals surface area contributed by atoms with E-state index in [-0.39, 0.29) is 11.3 Å². The van der Waals surface area contributed by atoms with Gasteiger partial charge < -0.3 is 10.7 Å². The van der Waals surface area contributed by atoms with Crippen molar-refractivity contribution in [2.24, 2.45) is 0 Å². The third-order valence-corrected chi connectivity index (χ3v) is 5.49. The van der Waals surface area contributed by atoms with Crippen molar-refractivity contribution in [1.29, 1.82) is 0 Å². The molecule has 7 nitrogen and oxygen atoms in total. The number of pyridine rings is 2. The second-order valence-electron chi connectivity index (χ2n) is 7.61. The van der Waals surface area contributed by atoms with Crippen molar-refractivity contribution in [3.05, 3.63) is 78.8 Å². The molecule has 2 aromatic carbocycles. The number of benzene rings is 2. The second kappa shape index (κ2) is 7.20. The molecule has 4 aromatic heterocycles. The molecule has 33 heavy (non-hydrogen) atoms. The van der Waals surface area contributed by atoms with Crippen LogP contribution in [0.1, 0.15) is 0 Å². The summed E-state index contributed by atoms with van der Waals surface area (Å²) in [6, 6.07) is 13.0. The van der Waals surface area contributed by atoms with E-state index >= 15 is 0 Å². The predicted molar refractivity (Wildman–Crippen MR) is 122 cm³/mol. The van der Waals surface area contributed by atoms with Crippen LogP contribution in [0.5, 0.6) is 0 Å². The average Bonchev–Trinajstić information content (AvgIpc) is 3.44. The summed E-state index contributed by atoms with van der Waals surface area (Å²) in [5, 5.41) is 7.58. The molecule has 0 saturated heterocycles. The number of nitrogens with two attached hydrogens (primary N) is 1. The van der Waals surface area contributed by atoms with E-state index in [0.29, 0.717) is 44.9 Å². The quantitative estimate of drug-likeness (QED) is 0.356. The Hall–Kier alpha value is -4.66. The highest BCUT2D eigenvalue weighted by molar-refractivity contribution is 5.97. The van der Waals surface area contributed by atoms with E-state index < -0.39 is 5.82 Å². The standard InChI is InChI=1S/C24H15F2N7/c25-15-3-1-12(2-4-15)17-5-6-29-23-21(17)30-24(31-23)22-18-8-13(9-19(26)20(18)32-33-22)14-7-16(27)11-28-10-14/h1-11H,27H2,(H,32,33)(H,29,30,31). The summed E-state index contributed by atoms with van der Waals surface area (Å²) < 4.78 is 28.3. The number of nitrogens with zero attached hydrogens (tertiary/aromatic N) is 4. The van der Waals surface area contributed by atoms with Gasteiger partial charge in [-0.05, 0) is 47.5 Å². The van der Waals surface area contributed by atoms with Gasteiger partial charge in [-0.3, -0.25) is 10.1 Å². The summed E-state index contributed by atoms with van der Waals surface area (Å²) in [6.07, 6.45) is 4.79. The summed E-state index contributed by atoms with van der Waals surface area (Å²) in [7, 11) is 0. The molecule has 0 radical (unpaired) electrons. The highest BCUT2D eigenvalue weighted by atomic mass is 19.1. The van der Waals surface area contributed by atoms with Crippen molar-refractivity contribution in [2.45, 2.75) is 0 Å². The first-order chi connectivity index (χ1) is 16.1. The molecule has 0 aliphatic carbocycles. The SMILES string of the molecule is Nc1cncc(-c2cc(F)c3n[nH]c(-c4nc5nccc(-c6ccc(F)cc6)c5[nH]4)c3c2)c1. The maximum atomic E-state index is 14.9. The Morgan fingerprint density at radius 2 is 1.73 bits per heavy atom. The van der Waals surface area contributed by atoms with Crippen LogP contribution in [-0.2, 0) is 0 Å². The fraction of sp³-hybridized carbons (Fsp3) is 0. The Morgan fingerprint density at radius 3 is 2.55 bits per heavy atom. The molecule has 0 aliphatic rings. The number of nitrogen functional groups attached to an aromatic ring is 1. The lowest BCUT2D eigenvalue weighted by atomic mass is 10.0. The first-order valence-corrected chi connectivity index (χ1v) is 10.1. The molecule has 0 saturated carbocycles. The lowest BCUT2D eigenvalue weighted by Gasteiger charge is -2.04. The van der Waals surface area contributed by atoms with Crippen LogP contribution in [0.4, 0.5) is 14.5 Å². The van der Waals surface area contributed by atoms with Gasteiger partial charge in [0.25, 0.3) is 0 Å². The molecular weight excluding hydrogens is 424 g/mol. The van der Waals surface area contributed by atoms with Crippen LogP contribution in [0.25, 0.3) is 55.8 Å². The first kappa shape index (κ1) is 19.1. The Bertz CT molecular complexity index is 1650. The summed E-state index contributed by atoms with van der Waals surface area (Å²) >= 11 is 0. The van der Waals surface area contributed by atoms with Gasteiger partial charge in [0, 0.05) is 35.1 Å². The van der Waals surface area contributed by atoms with Crippen LogP contribution in [0.2, 0.25) is 0 Å². The van der Waals surface area contributed by atoms with Crippen molar-refractivity contribution in [1.82, 2.24) is 30.1 Å². The third kappa shape index (κ3) is 3.18. The van der Waals surface area contributed by atoms with Gasteiger partial charge in [-0.25, -0.2) is 18.7 Å². The van der Waals surface area contributed by atoms with E-state index in [4.69, 9.17) is 5.73 Å². The number of fused-ring (bicyclic) bond motifs is 2. The van der Waals surface area contributed by atoms with Gasteiger partial charge in [0.15, 0.2) is 17.3 Å². The second-order valence-corrected chi connectivity index (χ2v) is 7.61. The number of hydrogen-bond donors (Lipinski definition) is 3. The summed E-state index contributed by atoms with van der Waals surface area (Å²) in [5.74, 6) is -0.336. The zero-order valence-electron chi connectivity index (χ0n) is 17.0. The molecule has 0 bridgehead atoms. The van der Waals surface area contributed by atoms with E-state index in [0.717, 1.165) is 11.1 Å². The highest BCUT2D eigenvalue weighted by Gasteiger charge is 2.18. The van der Waals surface area contributed by atoms with Crippen molar-refractivity contribution < 1.29 is 8.78 Å². The van der Waals surface area contributed by atoms with E-state index in [2.05, 4.69) is 30.1 Å². The zero-order valence-corrected chi connectivity index (χ0v) is 17.0. The maximum Gasteiger partial charge on any atom is 0.178 e. The molecule has 4 heterocycles. The van der Waals surface area contributed by atoms with E-state index in [1.54, 1.807) is 30.6 Å². The molecule has 0 amide bonds. The molecule has 6 rings (SSSR count). The molecule has 0 atom stereocenters. The smallest absolute Gasteiger partial charge is 0.178 e. The van der Waals surface area contributed by atoms with E-state index in [1.165, 1.54) is 24.4 Å². The molecular formula is C24H15F2N7. The van der Waals surface area contributed by atoms with Crippen LogP contribution in [0.3, 0.4) is 0 Å². The number of anilines is 1. The fourth-order valence-corrected chi connectivity index (χ4v) is 3.94. The normalized spacial score (nSPS) is 11.5. The highest BCUT2D eigenvalue weighted by Crippen LogP contribution is 2.34. The van der Waals surface area contributed by atoms with Crippen molar-refractivity contribution in [3.8, 4) is 33.8 Å². The molecule has 0 fully saturated rings. The number of H-pyrrole nitrogens is 2. The molecule has 0 spiro atoms. The lowest BCUT2D eigenvalue weighted by molar-refractivity contribution is 0.628. The fourth-order valence-electron chi connectivity index (χ4n) is 3.94. The number of nitrogens with one attached hydrogen (secondary N) is 2. The molecule has 0 unspecified atom stereocenters. The third-order valence-electron chi connectivity index (χ3n) is 5.49. The van der Waals surface area contributed by atoms with Crippen molar-refractivity contribution >= 4 is 27.8 Å². The molecule has 4 N–H and O–H groups in total. The summed E-state index contributed by atoms with van der Waals surface area (Å²) in [6.45, 7) is 0. The number of hydrogen-bond acceptors (Lipinski definition) is 5. The van der Waals surface area contributed by atoms with Crippen molar-refractivity contribution in [3.63, 3.8) is 0 Å². The minimum atomic E-state index is -0.478. The summed E-state index contributed by atoms with van der Waals surface area (Å²) in [4.78, 5) is 16.3. The van der Waals surface area contributed by atoms with Gasteiger partial charge in [0.2, 0.25) is 0 Å². The van der Waals surface area contributed by atoms with Gasteiger partial charge in [-0.2, -0.15) is 5.10 Å². The molecule has 6 aromatic rings. The number of aromatic nitrogens is 6. The monoisotopic (exact) mass is 439 g/mol. The van der Waals surface area contributed by atoms with Gasteiger partial charge in [-0.15, -0.1) is 0 Å². The van der Waals surface area contributed by atoms with Crippen LogP contribution in [0, 0.1) is 11.6 Å². The van der Waals surface area contributed by atoms with Crippen LogP contribution in [-0.4, -0.2) is 30.1 Å². The van der Waals surface area contributed by atoms with Crippen molar-refractivity contribution in [2.75, 3.05) is 5.73 Å². The molecule has 0 aliphatic heterocycles. The minimum absolute atomic E-state index is 0.192. The van der Waals surface area contributed by atoms with Gasteiger partial charge in [0.05, 0.1) is 11.2 Å². The average molecular weight is 439 g/mol. The minimum Gasteiger partial charge on any atom is -0.397 e. The predicted octanol–water partition coefficient (Wildman–Crippen LogP) is 5.09. The van der Waals surface area contributed by atoms with E-state index in [1.807, 2.05) is 12.1 Å². The lowest BCUT2D eigenvalue weighted by Crippen LogP contribution is -1.89. The zero-order chi connectivity index (χ0) is 22.5. The Kier molecular flexibility index (Phi) is 4.16. The number of halogens is 2. The topological polar surface area (TPSA) is 109 Å². The van der Waals surface area contributed by atoms with Crippen LogP contribution < -0.4 is 5.73 Å². The van der Waals surface area contributed by atoms with Gasteiger partial charge in [0.1, 0.15) is 17.0 Å². The Morgan fingerprint density at radius 1 is 0.879 bits per heavy atom. The van der Waals surface area contributed by atoms with Gasteiger partial charge in [-0.1, -0.05) is 12.1 Å². The van der Waals surface area contributed by atoms with Crippen LogP contribution >= 0.6 is 0 Å².